The minimum atomic E-state index is -5.15. The number of nitrogens with one attached hydrogen (secondary N) is 1. The van der Waals surface area contributed by atoms with Crippen LogP contribution in [0.15, 0.2) is 9.95 Å². The SMILES string of the molecule is CC#CCn1c(N2CCNCC2OC(=O)C(F)(F)F)nc2nc(SCC(C)O)n(C)c(=O)c21. The van der Waals surface area contributed by atoms with Crippen LogP contribution in [0.4, 0.5) is 19.1 Å². The van der Waals surface area contributed by atoms with Gasteiger partial charge in [0.2, 0.25) is 5.95 Å². The van der Waals surface area contributed by atoms with E-state index in [1.165, 1.54) is 32.8 Å². The summed E-state index contributed by atoms with van der Waals surface area (Å²) in [5.41, 5.74) is -0.224. The molecular weight excluding hydrogens is 465 g/mol. The maximum absolute atomic E-state index is 13.1. The zero-order valence-corrected chi connectivity index (χ0v) is 19.0. The number of aliphatic hydroxyl groups is 1. The highest BCUT2D eigenvalue weighted by Gasteiger charge is 2.44. The zero-order chi connectivity index (χ0) is 24.3. The van der Waals surface area contributed by atoms with Gasteiger partial charge in [0.15, 0.2) is 22.5 Å². The highest BCUT2D eigenvalue weighted by molar-refractivity contribution is 7.99. The number of fused-ring (bicyclic) bond motifs is 1. The Morgan fingerprint density at radius 3 is 2.79 bits per heavy atom. The first-order valence-electron chi connectivity index (χ1n) is 9.97. The van der Waals surface area contributed by atoms with Crippen molar-refractivity contribution in [2.24, 2.45) is 7.05 Å². The molecule has 1 fully saturated rings. The van der Waals surface area contributed by atoms with Crippen LogP contribution in [-0.4, -0.2) is 74.1 Å². The molecule has 1 aliphatic rings. The molecule has 0 radical (unpaired) electrons. The Balaban J connectivity index is 2.11. The van der Waals surface area contributed by atoms with E-state index in [4.69, 9.17) is 4.74 Å². The number of aromatic nitrogens is 4. The number of alkyl halides is 3. The summed E-state index contributed by atoms with van der Waals surface area (Å²) in [7, 11) is 1.53. The van der Waals surface area contributed by atoms with Crippen molar-refractivity contribution in [1.82, 2.24) is 24.4 Å². The van der Waals surface area contributed by atoms with Crippen LogP contribution in [0.1, 0.15) is 13.8 Å². The van der Waals surface area contributed by atoms with E-state index in [0.717, 1.165) is 0 Å². The molecule has 2 aromatic rings. The van der Waals surface area contributed by atoms with Crippen molar-refractivity contribution in [3.63, 3.8) is 0 Å². The van der Waals surface area contributed by atoms with Gasteiger partial charge in [0, 0.05) is 25.9 Å². The number of rotatable bonds is 6. The zero-order valence-electron chi connectivity index (χ0n) is 18.1. The van der Waals surface area contributed by atoms with E-state index in [2.05, 4.69) is 27.1 Å². The monoisotopic (exact) mass is 488 g/mol. The molecule has 2 atom stereocenters. The number of hydrogen-bond acceptors (Lipinski definition) is 9. The van der Waals surface area contributed by atoms with Gasteiger partial charge in [-0.25, -0.2) is 9.78 Å². The number of thioether (sulfide) groups is 1. The van der Waals surface area contributed by atoms with Gasteiger partial charge in [-0.1, -0.05) is 17.7 Å². The number of ether oxygens (including phenoxy) is 1. The first kappa shape index (κ1) is 24.9. The van der Waals surface area contributed by atoms with E-state index in [0.29, 0.717) is 17.5 Å². The Morgan fingerprint density at radius 2 is 2.15 bits per heavy atom. The number of halogens is 3. The van der Waals surface area contributed by atoms with Gasteiger partial charge in [-0.15, -0.1) is 5.92 Å². The summed E-state index contributed by atoms with van der Waals surface area (Å²) >= 11 is 1.17. The number of piperazine rings is 1. The van der Waals surface area contributed by atoms with Gasteiger partial charge in [-0.05, 0) is 13.8 Å². The first-order valence-corrected chi connectivity index (χ1v) is 11.0. The topological polar surface area (TPSA) is 115 Å². The van der Waals surface area contributed by atoms with Crippen molar-refractivity contribution in [2.45, 2.75) is 44.1 Å². The molecule has 10 nitrogen and oxygen atoms in total. The number of nitrogens with zero attached hydrogens (tertiary/aromatic N) is 5. The summed E-state index contributed by atoms with van der Waals surface area (Å²) in [6.45, 7) is 3.74. The molecule has 14 heteroatoms. The number of imidazole rings is 1. The molecule has 3 rings (SSSR count). The summed E-state index contributed by atoms with van der Waals surface area (Å²) < 4.78 is 45.8. The van der Waals surface area contributed by atoms with Gasteiger partial charge in [-0.2, -0.15) is 18.2 Å². The minimum absolute atomic E-state index is 0.0310. The average Bonchev–Trinajstić information content (AvgIpc) is 3.11. The van der Waals surface area contributed by atoms with Crippen molar-refractivity contribution in [1.29, 1.82) is 0 Å². The van der Waals surface area contributed by atoms with E-state index < -0.39 is 30.0 Å². The van der Waals surface area contributed by atoms with Crippen LogP contribution in [0.25, 0.3) is 11.2 Å². The number of carbonyl (C=O) groups excluding carboxylic acids is 1. The van der Waals surface area contributed by atoms with Gasteiger partial charge in [-0.3, -0.25) is 13.9 Å². The van der Waals surface area contributed by atoms with Crippen LogP contribution in [0.3, 0.4) is 0 Å². The second-order valence-electron chi connectivity index (χ2n) is 7.27. The predicted molar refractivity (Wildman–Crippen MR) is 115 cm³/mol. The molecule has 0 aliphatic carbocycles. The fourth-order valence-corrected chi connectivity index (χ4v) is 4.00. The van der Waals surface area contributed by atoms with Crippen molar-refractivity contribution >= 4 is 34.8 Å². The van der Waals surface area contributed by atoms with E-state index >= 15 is 0 Å². The smallest absolute Gasteiger partial charge is 0.433 e. The molecule has 33 heavy (non-hydrogen) atoms. The molecule has 0 amide bonds. The molecule has 1 aliphatic heterocycles. The van der Waals surface area contributed by atoms with Gasteiger partial charge in [0.05, 0.1) is 19.2 Å². The largest absolute Gasteiger partial charge is 0.491 e. The van der Waals surface area contributed by atoms with Crippen LogP contribution >= 0.6 is 11.8 Å². The standard InChI is InChI=1S/C19H23F3N6O4S/c1-4-5-7-28-13-14(25-18(26(3)15(13)30)33-10-11(2)29)24-17(28)27-8-6-23-9-12(27)32-16(31)19(20,21)22/h11-12,23,29H,6-10H2,1-3H3. The third kappa shape index (κ3) is 5.43. The van der Waals surface area contributed by atoms with Crippen LogP contribution in [-0.2, 0) is 23.1 Å². The van der Waals surface area contributed by atoms with Gasteiger partial charge < -0.3 is 20.1 Å². The Morgan fingerprint density at radius 1 is 1.42 bits per heavy atom. The molecule has 2 aromatic heterocycles. The highest BCUT2D eigenvalue weighted by Crippen LogP contribution is 2.26. The fraction of sp³-hybridized carbons (Fsp3) is 0.579. The second-order valence-corrected chi connectivity index (χ2v) is 8.26. The summed E-state index contributed by atoms with van der Waals surface area (Å²) in [4.78, 5) is 34.8. The van der Waals surface area contributed by atoms with Crippen LogP contribution in [0.2, 0.25) is 0 Å². The summed E-state index contributed by atoms with van der Waals surface area (Å²) in [5.74, 6) is 3.65. The lowest BCUT2D eigenvalue weighted by Crippen LogP contribution is -2.55. The van der Waals surface area contributed by atoms with E-state index in [9.17, 15) is 27.9 Å². The van der Waals surface area contributed by atoms with Crippen molar-refractivity contribution < 1.29 is 27.8 Å². The Hall–Kier alpha value is -2.76. The van der Waals surface area contributed by atoms with Crippen LogP contribution < -0.4 is 15.8 Å². The Bertz CT molecular complexity index is 1150. The third-order valence-corrected chi connectivity index (χ3v) is 5.99. The lowest BCUT2D eigenvalue weighted by atomic mass is 10.3. The lowest BCUT2D eigenvalue weighted by molar-refractivity contribution is -0.205. The minimum Gasteiger partial charge on any atom is -0.433 e. The number of hydrogen-bond donors (Lipinski definition) is 2. The molecule has 0 saturated carbocycles. The molecular formula is C19H23F3N6O4S. The number of anilines is 1. The first-order chi connectivity index (χ1) is 15.5. The molecule has 0 spiro atoms. The normalized spacial score (nSPS) is 17.5. The molecule has 180 valence electrons. The van der Waals surface area contributed by atoms with E-state index in [-0.39, 0.29) is 36.7 Å². The number of esters is 1. The van der Waals surface area contributed by atoms with Crippen molar-refractivity contribution in [2.75, 3.05) is 30.3 Å². The van der Waals surface area contributed by atoms with Gasteiger partial charge in [0.25, 0.3) is 5.56 Å². The van der Waals surface area contributed by atoms with E-state index in [1.54, 1.807) is 13.8 Å². The Labute approximate surface area is 191 Å². The molecule has 2 N–H and O–H groups in total. The molecule has 0 aromatic carbocycles. The summed E-state index contributed by atoms with van der Waals surface area (Å²) in [6.07, 6.45) is -7.07. The predicted octanol–water partition coefficient (Wildman–Crippen LogP) is 0.467. The average molecular weight is 488 g/mol. The summed E-state index contributed by atoms with van der Waals surface area (Å²) in [5, 5.41) is 12.8. The van der Waals surface area contributed by atoms with Gasteiger partial charge in [0.1, 0.15) is 0 Å². The third-order valence-electron chi connectivity index (χ3n) is 4.72. The lowest BCUT2D eigenvalue weighted by Gasteiger charge is -2.36. The van der Waals surface area contributed by atoms with Crippen LogP contribution in [0, 0.1) is 11.8 Å². The number of aliphatic hydroxyl groups excluding tert-OH is 1. The fourth-order valence-electron chi connectivity index (χ4n) is 3.18. The quantitative estimate of drug-likeness (QED) is 0.259. The van der Waals surface area contributed by atoms with Crippen molar-refractivity contribution in [3.8, 4) is 11.8 Å². The van der Waals surface area contributed by atoms with Gasteiger partial charge >= 0.3 is 12.1 Å². The molecule has 0 bridgehead atoms. The molecule has 3 heterocycles. The Kier molecular flexibility index (Phi) is 7.55. The van der Waals surface area contributed by atoms with E-state index in [1.807, 2.05) is 0 Å². The number of carbonyl (C=O) groups is 1. The second kappa shape index (κ2) is 10.0. The highest BCUT2D eigenvalue weighted by atomic mass is 32.2. The summed E-state index contributed by atoms with van der Waals surface area (Å²) in [6, 6.07) is 0. The molecule has 2 unspecified atom stereocenters. The van der Waals surface area contributed by atoms with Crippen molar-refractivity contribution in [3.05, 3.63) is 10.4 Å². The van der Waals surface area contributed by atoms with Crippen LogP contribution in [0.5, 0.6) is 0 Å². The maximum atomic E-state index is 13.1. The molecule has 1 saturated heterocycles. The maximum Gasteiger partial charge on any atom is 0.491 e.